The lowest BCUT2D eigenvalue weighted by Crippen LogP contribution is -2.32. The third kappa shape index (κ3) is 4.29. The molecule has 0 unspecified atom stereocenters. The number of hydrogen-bond donors (Lipinski definition) is 0. The monoisotopic (exact) mass is 308 g/mol. The third-order valence-corrected chi connectivity index (χ3v) is 3.47. The number of esters is 1. The molecular weight excluding hydrogens is 284 g/mol. The van der Waals surface area contributed by atoms with Crippen molar-refractivity contribution in [3.05, 3.63) is 35.9 Å². The van der Waals surface area contributed by atoms with E-state index in [0.29, 0.717) is 13.2 Å². The molecule has 1 aliphatic rings. The van der Waals surface area contributed by atoms with Gasteiger partial charge >= 0.3 is 5.97 Å². The van der Waals surface area contributed by atoms with Crippen molar-refractivity contribution in [1.29, 1.82) is 0 Å². The molecule has 0 aliphatic carbocycles. The van der Waals surface area contributed by atoms with Crippen LogP contribution in [0.25, 0.3) is 0 Å². The summed E-state index contributed by atoms with van der Waals surface area (Å²) < 4.78 is 22.5. The normalized spacial score (nSPS) is 23.0. The summed E-state index contributed by atoms with van der Waals surface area (Å²) in [6.07, 6.45) is -1.32. The number of carbonyl (C=O) groups excluding carboxylic acids is 1. The molecule has 0 bridgehead atoms. The summed E-state index contributed by atoms with van der Waals surface area (Å²) in [4.78, 5) is 11.8. The minimum Gasteiger partial charge on any atom is -0.464 e. The average molecular weight is 308 g/mol. The fourth-order valence-electron chi connectivity index (χ4n) is 2.42. The summed E-state index contributed by atoms with van der Waals surface area (Å²) in [7, 11) is 0. The van der Waals surface area contributed by atoms with Gasteiger partial charge in [-0.3, -0.25) is 0 Å². The van der Waals surface area contributed by atoms with Crippen molar-refractivity contribution < 1.29 is 23.7 Å². The molecule has 0 spiro atoms. The van der Waals surface area contributed by atoms with Crippen LogP contribution in [0.3, 0.4) is 0 Å². The molecule has 0 aromatic heterocycles. The Bertz CT molecular complexity index is 485. The van der Waals surface area contributed by atoms with E-state index in [9.17, 15) is 4.79 Å². The van der Waals surface area contributed by atoms with Crippen molar-refractivity contribution in [1.82, 2.24) is 0 Å². The Morgan fingerprint density at radius 1 is 1.36 bits per heavy atom. The van der Waals surface area contributed by atoms with Crippen molar-refractivity contribution in [3.63, 3.8) is 0 Å². The first-order valence-corrected chi connectivity index (χ1v) is 7.62. The molecule has 2 rings (SSSR count). The number of carbonyl (C=O) groups is 1. The first-order valence-electron chi connectivity index (χ1n) is 7.62. The molecule has 5 heteroatoms. The predicted octanol–water partition coefficient (Wildman–Crippen LogP) is 2.85. The number of benzene rings is 1. The zero-order valence-corrected chi connectivity index (χ0v) is 13.6. The minimum atomic E-state index is -0.669. The van der Waals surface area contributed by atoms with Crippen molar-refractivity contribution in [2.24, 2.45) is 0 Å². The predicted molar refractivity (Wildman–Crippen MR) is 81.3 cm³/mol. The zero-order valence-electron chi connectivity index (χ0n) is 13.6. The minimum absolute atomic E-state index is 0.269. The fraction of sp³-hybridized carbons (Fsp3) is 0.588. The van der Waals surface area contributed by atoms with Gasteiger partial charge < -0.3 is 18.9 Å². The second-order valence-corrected chi connectivity index (χ2v) is 5.73. The second kappa shape index (κ2) is 7.22. The summed E-state index contributed by atoms with van der Waals surface area (Å²) in [5.74, 6) is -1.02. The quantitative estimate of drug-likeness (QED) is 0.756. The lowest BCUT2D eigenvalue weighted by molar-refractivity contribution is -0.176. The molecule has 3 atom stereocenters. The standard InChI is InChI=1S/C17H24O5/c1-5-19-16(18)12(2)21-15(13-9-7-6-8-10-13)14-11-20-17(3,4)22-14/h6-10,12,14-15H,5,11H2,1-4H3/t12-,14-,15-/m1/s1. The molecule has 1 aliphatic heterocycles. The van der Waals surface area contributed by atoms with Gasteiger partial charge in [-0.2, -0.15) is 0 Å². The Morgan fingerprint density at radius 2 is 2.05 bits per heavy atom. The van der Waals surface area contributed by atoms with Gasteiger partial charge in [0, 0.05) is 0 Å². The van der Waals surface area contributed by atoms with Crippen LogP contribution in [0, 0.1) is 0 Å². The highest BCUT2D eigenvalue weighted by molar-refractivity contribution is 5.74. The Hall–Kier alpha value is -1.43. The third-order valence-electron chi connectivity index (χ3n) is 3.47. The van der Waals surface area contributed by atoms with Crippen LogP contribution in [-0.2, 0) is 23.7 Å². The maximum atomic E-state index is 11.8. The van der Waals surface area contributed by atoms with E-state index in [0.717, 1.165) is 5.56 Å². The zero-order chi connectivity index (χ0) is 16.2. The molecule has 0 N–H and O–H groups in total. The van der Waals surface area contributed by atoms with Crippen molar-refractivity contribution in [3.8, 4) is 0 Å². The molecule has 1 aromatic rings. The van der Waals surface area contributed by atoms with E-state index in [1.807, 2.05) is 44.2 Å². The molecule has 1 heterocycles. The van der Waals surface area contributed by atoms with E-state index in [4.69, 9.17) is 18.9 Å². The van der Waals surface area contributed by atoms with Gasteiger partial charge in [0.15, 0.2) is 11.9 Å². The van der Waals surface area contributed by atoms with Gasteiger partial charge in [-0.1, -0.05) is 30.3 Å². The van der Waals surface area contributed by atoms with Crippen LogP contribution in [0.4, 0.5) is 0 Å². The van der Waals surface area contributed by atoms with Crippen LogP contribution in [0.2, 0.25) is 0 Å². The van der Waals surface area contributed by atoms with Gasteiger partial charge in [-0.05, 0) is 33.3 Å². The maximum Gasteiger partial charge on any atom is 0.334 e. The molecule has 5 nitrogen and oxygen atoms in total. The largest absolute Gasteiger partial charge is 0.464 e. The van der Waals surface area contributed by atoms with Gasteiger partial charge in [0.2, 0.25) is 0 Å². The molecule has 1 aromatic carbocycles. The Labute approximate surface area is 131 Å². The highest BCUT2D eigenvalue weighted by atomic mass is 16.7. The highest BCUT2D eigenvalue weighted by Gasteiger charge is 2.39. The number of hydrogen-bond acceptors (Lipinski definition) is 5. The van der Waals surface area contributed by atoms with Gasteiger partial charge in [0.1, 0.15) is 12.2 Å². The van der Waals surface area contributed by atoms with Crippen LogP contribution in [-0.4, -0.2) is 37.2 Å². The van der Waals surface area contributed by atoms with Crippen molar-refractivity contribution >= 4 is 5.97 Å². The van der Waals surface area contributed by atoms with Crippen LogP contribution >= 0.6 is 0 Å². The van der Waals surface area contributed by atoms with Gasteiger partial charge in [0.25, 0.3) is 0 Å². The molecule has 0 amide bonds. The van der Waals surface area contributed by atoms with E-state index in [-0.39, 0.29) is 18.2 Å². The highest BCUT2D eigenvalue weighted by Crippen LogP contribution is 2.33. The SMILES string of the molecule is CCOC(=O)[C@@H](C)O[C@H](c1ccccc1)[C@H]1COC(C)(C)O1. The lowest BCUT2D eigenvalue weighted by atomic mass is 10.0. The maximum absolute atomic E-state index is 11.8. The Kier molecular flexibility index (Phi) is 5.56. The summed E-state index contributed by atoms with van der Waals surface area (Å²) in [5, 5.41) is 0. The molecule has 1 saturated heterocycles. The number of rotatable bonds is 6. The molecule has 0 saturated carbocycles. The fourth-order valence-corrected chi connectivity index (χ4v) is 2.42. The molecule has 0 radical (unpaired) electrons. The van der Waals surface area contributed by atoms with Crippen LogP contribution in [0.1, 0.15) is 39.4 Å². The summed E-state index contributed by atoms with van der Waals surface area (Å²) >= 11 is 0. The smallest absolute Gasteiger partial charge is 0.334 e. The van der Waals surface area contributed by atoms with E-state index in [1.165, 1.54) is 0 Å². The van der Waals surface area contributed by atoms with Gasteiger partial charge in [0.05, 0.1) is 13.2 Å². The first kappa shape index (κ1) is 16.9. The van der Waals surface area contributed by atoms with Gasteiger partial charge in [-0.25, -0.2) is 4.79 Å². The summed E-state index contributed by atoms with van der Waals surface area (Å²) in [6, 6.07) is 9.71. The van der Waals surface area contributed by atoms with Crippen LogP contribution in [0.5, 0.6) is 0 Å². The van der Waals surface area contributed by atoms with Crippen LogP contribution in [0.15, 0.2) is 30.3 Å². The molecular formula is C17H24O5. The Morgan fingerprint density at radius 3 is 2.59 bits per heavy atom. The van der Waals surface area contributed by atoms with E-state index >= 15 is 0 Å². The van der Waals surface area contributed by atoms with Crippen molar-refractivity contribution in [2.75, 3.05) is 13.2 Å². The van der Waals surface area contributed by atoms with Crippen molar-refractivity contribution in [2.45, 2.75) is 51.8 Å². The molecule has 122 valence electrons. The van der Waals surface area contributed by atoms with E-state index in [1.54, 1.807) is 13.8 Å². The average Bonchev–Trinajstić information content (AvgIpc) is 2.85. The molecule has 1 fully saturated rings. The summed E-state index contributed by atoms with van der Waals surface area (Å²) in [5.41, 5.74) is 0.949. The lowest BCUT2D eigenvalue weighted by Gasteiger charge is -2.27. The first-order chi connectivity index (χ1) is 10.4. The topological polar surface area (TPSA) is 54.0 Å². The van der Waals surface area contributed by atoms with E-state index in [2.05, 4.69) is 0 Å². The van der Waals surface area contributed by atoms with E-state index < -0.39 is 11.9 Å². The number of ether oxygens (including phenoxy) is 4. The second-order valence-electron chi connectivity index (χ2n) is 5.73. The summed E-state index contributed by atoms with van der Waals surface area (Å²) in [6.45, 7) is 7.94. The van der Waals surface area contributed by atoms with Crippen LogP contribution < -0.4 is 0 Å². The molecule has 22 heavy (non-hydrogen) atoms. The Balaban J connectivity index is 2.14. The van der Waals surface area contributed by atoms with Gasteiger partial charge in [-0.15, -0.1) is 0 Å².